The van der Waals surface area contributed by atoms with E-state index in [-0.39, 0.29) is 10.8 Å². The molecular weight excluding hydrogens is 338 g/mol. The molecular formula is C18H15N3O3S. The van der Waals surface area contributed by atoms with Gasteiger partial charge in [0, 0.05) is 24.2 Å². The molecule has 126 valence electrons. The van der Waals surface area contributed by atoms with Crippen LogP contribution in [0.4, 0.5) is 0 Å². The van der Waals surface area contributed by atoms with E-state index in [4.69, 9.17) is 5.26 Å². The summed E-state index contributed by atoms with van der Waals surface area (Å²) in [5, 5.41) is 8.89. The second-order valence-corrected chi connectivity index (χ2v) is 7.96. The number of carbonyl (C=O) groups excluding carboxylic acids is 1. The number of nitrogens with zero attached hydrogens (tertiary/aromatic N) is 3. The maximum Gasteiger partial charge on any atom is 0.255 e. The van der Waals surface area contributed by atoms with Crippen molar-refractivity contribution in [1.82, 2.24) is 9.21 Å². The number of carbonyl (C=O) groups is 1. The van der Waals surface area contributed by atoms with Crippen molar-refractivity contribution < 1.29 is 13.2 Å². The van der Waals surface area contributed by atoms with Gasteiger partial charge in [0.05, 0.1) is 16.5 Å². The summed E-state index contributed by atoms with van der Waals surface area (Å²) in [4.78, 5) is 14.3. The first kappa shape index (κ1) is 15.8. The van der Waals surface area contributed by atoms with Gasteiger partial charge in [0.15, 0.2) is 0 Å². The number of sulfonamides is 1. The molecule has 0 bridgehead atoms. The zero-order chi connectivity index (χ0) is 17.6. The molecule has 7 heteroatoms. The predicted molar refractivity (Wildman–Crippen MR) is 89.9 cm³/mol. The van der Waals surface area contributed by atoms with Crippen LogP contribution in [0.2, 0.25) is 0 Å². The van der Waals surface area contributed by atoms with E-state index >= 15 is 0 Å². The number of nitriles is 1. The number of hydrogen-bond acceptors (Lipinski definition) is 4. The summed E-state index contributed by atoms with van der Waals surface area (Å²) < 4.78 is 27.7. The molecule has 0 radical (unpaired) electrons. The molecule has 6 nitrogen and oxygen atoms in total. The molecule has 0 N–H and O–H groups in total. The first-order chi connectivity index (χ1) is 12.0. The third-order valence-corrected chi connectivity index (χ3v) is 6.53. The van der Waals surface area contributed by atoms with Gasteiger partial charge in [0.25, 0.3) is 5.91 Å². The van der Waals surface area contributed by atoms with Crippen molar-refractivity contribution >= 4 is 15.9 Å². The number of amides is 1. The largest absolute Gasteiger partial charge is 0.318 e. The van der Waals surface area contributed by atoms with Gasteiger partial charge in [-0.1, -0.05) is 18.2 Å². The van der Waals surface area contributed by atoms with Crippen molar-refractivity contribution in [3.05, 3.63) is 65.2 Å². The van der Waals surface area contributed by atoms with E-state index < -0.39 is 16.2 Å². The highest BCUT2D eigenvalue weighted by Gasteiger charge is 2.46. The molecule has 1 atom stereocenters. The maximum atomic E-state index is 13.2. The van der Waals surface area contributed by atoms with Gasteiger partial charge in [-0.05, 0) is 36.8 Å². The summed E-state index contributed by atoms with van der Waals surface area (Å²) in [5.74, 6) is -0.125. The van der Waals surface area contributed by atoms with Crippen molar-refractivity contribution in [3.63, 3.8) is 0 Å². The normalized spacial score (nSPS) is 20.0. The van der Waals surface area contributed by atoms with E-state index in [1.165, 1.54) is 28.6 Å². The number of rotatable bonds is 2. The van der Waals surface area contributed by atoms with Crippen LogP contribution in [0.25, 0.3) is 0 Å². The Labute approximate surface area is 146 Å². The van der Waals surface area contributed by atoms with Crippen LogP contribution in [0.3, 0.4) is 0 Å². The van der Waals surface area contributed by atoms with Crippen molar-refractivity contribution in [2.45, 2.75) is 17.5 Å². The molecule has 1 fully saturated rings. The van der Waals surface area contributed by atoms with Gasteiger partial charge in [-0.25, -0.2) is 8.42 Å². The minimum atomic E-state index is -3.78. The molecule has 0 spiro atoms. The van der Waals surface area contributed by atoms with Crippen molar-refractivity contribution in [2.75, 3.05) is 13.1 Å². The van der Waals surface area contributed by atoms with Gasteiger partial charge in [0.2, 0.25) is 10.0 Å². The van der Waals surface area contributed by atoms with Gasteiger partial charge >= 0.3 is 0 Å². The lowest BCUT2D eigenvalue weighted by Gasteiger charge is -2.39. The molecule has 1 amide bonds. The number of benzene rings is 2. The number of fused-ring (bicyclic) bond motifs is 3. The topological polar surface area (TPSA) is 81.5 Å². The van der Waals surface area contributed by atoms with Gasteiger partial charge < -0.3 is 4.90 Å². The SMILES string of the molecule is N#Cc1ccc(S(=O)(=O)N2CCCN3C(=O)c4ccccc4C32)cc1. The van der Waals surface area contributed by atoms with E-state index in [0.717, 1.165) is 5.56 Å². The third-order valence-electron chi connectivity index (χ3n) is 4.67. The fourth-order valence-corrected chi connectivity index (χ4v) is 5.10. The average molecular weight is 353 g/mol. The van der Waals surface area contributed by atoms with E-state index in [2.05, 4.69) is 0 Å². The molecule has 2 aliphatic rings. The Morgan fingerprint density at radius 3 is 2.48 bits per heavy atom. The van der Waals surface area contributed by atoms with Gasteiger partial charge in [-0.2, -0.15) is 9.57 Å². The van der Waals surface area contributed by atoms with Crippen LogP contribution in [0, 0.1) is 11.3 Å². The fourth-order valence-electron chi connectivity index (χ4n) is 3.49. The zero-order valence-corrected chi connectivity index (χ0v) is 14.1. The van der Waals surface area contributed by atoms with Crippen LogP contribution in [0.1, 0.15) is 34.1 Å². The average Bonchev–Trinajstić information content (AvgIpc) is 2.95. The standard InChI is InChI=1S/C18H15N3O3S/c19-12-13-6-8-14(9-7-13)25(23,24)21-11-3-10-20-17(21)15-4-1-2-5-16(15)18(20)22/h1-2,4-9,17H,3,10-11H2. The van der Waals surface area contributed by atoms with Crippen molar-refractivity contribution in [3.8, 4) is 6.07 Å². The Morgan fingerprint density at radius 1 is 1.04 bits per heavy atom. The number of hydrogen-bond donors (Lipinski definition) is 0. The molecule has 0 aromatic heterocycles. The molecule has 1 unspecified atom stereocenters. The first-order valence-electron chi connectivity index (χ1n) is 7.96. The van der Waals surface area contributed by atoms with Crippen molar-refractivity contribution in [2.24, 2.45) is 0 Å². The Balaban J connectivity index is 1.79. The molecule has 2 aliphatic heterocycles. The molecule has 2 aromatic rings. The third kappa shape index (κ3) is 2.34. The minimum absolute atomic E-state index is 0.125. The lowest BCUT2D eigenvalue weighted by atomic mass is 10.1. The second-order valence-electron chi connectivity index (χ2n) is 6.06. The highest BCUT2D eigenvalue weighted by atomic mass is 32.2. The highest BCUT2D eigenvalue weighted by Crippen LogP contribution is 2.41. The van der Waals surface area contributed by atoms with Crippen LogP contribution >= 0.6 is 0 Å². The smallest absolute Gasteiger partial charge is 0.255 e. The Kier molecular flexibility index (Phi) is 3.60. The molecule has 4 rings (SSSR count). The maximum absolute atomic E-state index is 13.2. The van der Waals surface area contributed by atoms with Crippen LogP contribution in [0.5, 0.6) is 0 Å². The Bertz CT molecular complexity index is 993. The van der Waals surface area contributed by atoms with Crippen LogP contribution < -0.4 is 0 Å². The molecule has 1 saturated heterocycles. The fraction of sp³-hybridized carbons (Fsp3) is 0.222. The summed E-state index contributed by atoms with van der Waals surface area (Å²) in [6.07, 6.45) is -0.00996. The summed E-state index contributed by atoms with van der Waals surface area (Å²) in [5.41, 5.74) is 1.69. The molecule has 25 heavy (non-hydrogen) atoms. The summed E-state index contributed by atoms with van der Waals surface area (Å²) >= 11 is 0. The van der Waals surface area contributed by atoms with E-state index in [0.29, 0.717) is 30.6 Å². The van der Waals surface area contributed by atoms with E-state index in [1.54, 1.807) is 17.0 Å². The quantitative estimate of drug-likeness (QED) is 0.828. The summed E-state index contributed by atoms with van der Waals surface area (Å²) in [7, 11) is -3.78. The summed E-state index contributed by atoms with van der Waals surface area (Å²) in [6.45, 7) is 0.892. The molecule has 2 heterocycles. The molecule has 2 aromatic carbocycles. The van der Waals surface area contributed by atoms with E-state index in [1.807, 2.05) is 18.2 Å². The monoisotopic (exact) mass is 353 g/mol. The Morgan fingerprint density at radius 2 is 1.76 bits per heavy atom. The van der Waals surface area contributed by atoms with Gasteiger partial charge in [-0.15, -0.1) is 0 Å². The van der Waals surface area contributed by atoms with E-state index in [9.17, 15) is 13.2 Å². The Hall–Kier alpha value is -2.69. The molecule has 0 aliphatic carbocycles. The first-order valence-corrected chi connectivity index (χ1v) is 9.40. The predicted octanol–water partition coefficient (Wildman–Crippen LogP) is 2.11. The van der Waals surface area contributed by atoms with Crippen LogP contribution in [-0.4, -0.2) is 36.6 Å². The lowest BCUT2D eigenvalue weighted by Crippen LogP contribution is -2.48. The molecule has 0 saturated carbocycles. The summed E-state index contributed by atoms with van der Waals surface area (Å²) in [6, 6.07) is 15.0. The lowest BCUT2D eigenvalue weighted by molar-refractivity contribution is 0.0470. The highest BCUT2D eigenvalue weighted by molar-refractivity contribution is 7.89. The van der Waals surface area contributed by atoms with Crippen LogP contribution in [0.15, 0.2) is 53.4 Å². The van der Waals surface area contributed by atoms with Gasteiger partial charge in [-0.3, -0.25) is 4.79 Å². The van der Waals surface area contributed by atoms with Crippen LogP contribution in [-0.2, 0) is 10.0 Å². The second kappa shape index (κ2) is 5.69. The van der Waals surface area contributed by atoms with Gasteiger partial charge in [0.1, 0.15) is 6.17 Å². The minimum Gasteiger partial charge on any atom is -0.318 e. The van der Waals surface area contributed by atoms with Crippen molar-refractivity contribution in [1.29, 1.82) is 5.26 Å². The zero-order valence-electron chi connectivity index (χ0n) is 13.3.